The van der Waals surface area contributed by atoms with Gasteiger partial charge in [0.2, 0.25) is 0 Å². The van der Waals surface area contributed by atoms with Gasteiger partial charge in [-0.05, 0) is 109 Å². The Morgan fingerprint density at radius 3 is 2.23 bits per heavy atom. The van der Waals surface area contributed by atoms with E-state index in [0.717, 1.165) is 28.2 Å². The quantitative estimate of drug-likeness (QED) is 0.233. The molecule has 1 N–H and O–H groups in total. The molecule has 0 aromatic heterocycles. The lowest BCUT2D eigenvalue weighted by Crippen LogP contribution is -2.54. The summed E-state index contributed by atoms with van der Waals surface area (Å²) in [5.41, 5.74) is 3.19. The highest BCUT2D eigenvalue weighted by Crippen LogP contribution is 2.60. The molecule has 7 nitrogen and oxygen atoms in total. The molecule has 3 aromatic carbocycles. The van der Waals surface area contributed by atoms with Crippen LogP contribution in [0.1, 0.15) is 55.2 Å². The summed E-state index contributed by atoms with van der Waals surface area (Å²) in [4.78, 5) is 40.3. The Hall–Kier alpha value is -4.10. The molecule has 3 aromatic rings. The molecule has 0 atom stereocenters. The Morgan fingerprint density at radius 1 is 0.907 bits per heavy atom. The van der Waals surface area contributed by atoms with Crippen molar-refractivity contribution in [1.29, 1.82) is 0 Å². The van der Waals surface area contributed by atoms with Crippen LogP contribution >= 0.6 is 11.6 Å². The number of imide groups is 2. The first-order valence-electron chi connectivity index (χ1n) is 14.9. The predicted octanol–water partition coefficient (Wildman–Crippen LogP) is 7.06. The molecule has 1 saturated heterocycles. The second kappa shape index (κ2) is 10.9. The number of anilines is 1. The Bertz CT molecular complexity index is 1610. The number of ether oxygens (including phenoxy) is 2. The summed E-state index contributed by atoms with van der Waals surface area (Å²) in [6, 6.07) is 19.6. The molecule has 0 spiro atoms. The average molecular weight is 597 g/mol. The van der Waals surface area contributed by atoms with Gasteiger partial charge >= 0.3 is 6.03 Å². The van der Waals surface area contributed by atoms with Gasteiger partial charge in [0.1, 0.15) is 12.2 Å². The number of barbiturate groups is 1. The molecule has 1 aliphatic heterocycles. The number of nitrogens with one attached hydrogen (secondary N) is 1. The standard InChI is InChI=1S/C35H33ClN2O5/c1-42-31-16-21(6-11-30(31)43-20-25-4-2-3-5-29(25)36)15-28-32(39)37-34(41)38(33(28)40)27-9-7-26(8-10-27)35-17-22-12-23(18-35)14-24(13-22)19-35/h2-11,15-16,22-24H,12-14,17-20H2,1H3,(H,37,39,41). The summed E-state index contributed by atoms with van der Waals surface area (Å²) in [6.07, 6.45) is 9.26. The molecule has 8 heteroatoms. The van der Waals surface area contributed by atoms with Crippen molar-refractivity contribution in [2.45, 2.75) is 50.5 Å². The van der Waals surface area contributed by atoms with Gasteiger partial charge in [-0.1, -0.05) is 48.0 Å². The maximum atomic E-state index is 13.6. The number of urea groups is 1. The van der Waals surface area contributed by atoms with E-state index in [9.17, 15) is 14.4 Å². The first-order chi connectivity index (χ1) is 20.8. The fourth-order valence-electron chi connectivity index (χ4n) is 8.15. The lowest BCUT2D eigenvalue weighted by Gasteiger charge is -2.57. The summed E-state index contributed by atoms with van der Waals surface area (Å²) in [5, 5.41) is 2.93. The summed E-state index contributed by atoms with van der Waals surface area (Å²) >= 11 is 6.25. The lowest BCUT2D eigenvalue weighted by molar-refractivity contribution is -0.122. The topological polar surface area (TPSA) is 84.9 Å². The predicted molar refractivity (Wildman–Crippen MR) is 164 cm³/mol. The number of methoxy groups -OCH3 is 1. The van der Waals surface area contributed by atoms with Gasteiger partial charge in [-0.25, -0.2) is 9.69 Å². The third kappa shape index (κ3) is 5.10. The summed E-state index contributed by atoms with van der Waals surface area (Å²) in [5.74, 6) is 1.96. The Labute approximate surface area is 255 Å². The fourth-order valence-corrected chi connectivity index (χ4v) is 8.34. The van der Waals surface area contributed by atoms with Crippen molar-refractivity contribution in [2.75, 3.05) is 12.0 Å². The molecule has 4 aliphatic carbocycles. The van der Waals surface area contributed by atoms with Crippen molar-refractivity contribution in [3.63, 3.8) is 0 Å². The number of nitrogens with zero attached hydrogens (tertiary/aromatic N) is 1. The van der Waals surface area contributed by atoms with Gasteiger partial charge in [-0.15, -0.1) is 0 Å². The molecule has 0 radical (unpaired) electrons. The van der Waals surface area contributed by atoms with Crippen LogP contribution in [0, 0.1) is 17.8 Å². The molecule has 0 unspecified atom stereocenters. The molecule has 220 valence electrons. The maximum absolute atomic E-state index is 13.6. The van der Waals surface area contributed by atoms with E-state index in [4.69, 9.17) is 21.1 Å². The number of carbonyl (C=O) groups excluding carboxylic acids is 3. The van der Waals surface area contributed by atoms with E-state index in [-0.39, 0.29) is 17.6 Å². The van der Waals surface area contributed by atoms with Crippen molar-refractivity contribution < 1.29 is 23.9 Å². The monoisotopic (exact) mass is 596 g/mol. The third-order valence-corrected chi connectivity index (χ3v) is 10.1. The van der Waals surface area contributed by atoms with E-state index < -0.39 is 17.8 Å². The van der Waals surface area contributed by atoms with Crippen LogP contribution in [0.2, 0.25) is 5.02 Å². The molecule has 1 heterocycles. The lowest BCUT2D eigenvalue weighted by atomic mass is 9.48. The summed E-state index contributed by atoms with van der Waals surface area (Å²) in [6.45, 7) is 0.246. The molecular weight excluding hydrogens is 564 g/mol. The van der Waals surface area contributed by atoms with Gasteiger partial charge in [0.25, 0.3) is 11.8 Å². The Kier molecular flexibility index (Phi) is 7.01. The largest absolute Gasteiger partial charge is 0.493 e. The van der Waals surface area contributed by atoms with Gasteiger partial charge in [0.05, 0.1) is 12.8 Å². The molecule has 4 amide bonds. The average Bonchev–Trinajstić information content (AvgIpc) is 2.98. The van der Waals surface area contributed by atoms with Crippen LogP contribution in [-0.4, -0.2) is 25.0 Å². The number of benzene rings is 3. The molecule has 4 bridgehead atoms. The first kappa shape index (κ1) is 27.7. The molecule has 8 rings (SSSR count). The zero-order valence-corrected chi connectivity index (χ0v) is 24.7. The maximum Gasteiger partial charge on any atom is 0.335 e. The number of hydrogen-bond acceptors (Lipinski definition) is 5. The molecule has 5 aliphatic rings. The van der Waals surface area contributed by atoms with Crippen LogP contribution < -0.4 is 19.7 Å². The summed E-state index contributed by atoms with van der Waals surface area (Å²) in [7, 11) is 1.51. The molecular formula is C35H33ClN2O5. The van der Waals surface area contributed by atoms with E-state index in [2.05, 4.69) is 17.4 Å². The van der Waals surface area contributed by atoms with Crippen molar-refractivity contribution in [2.24, 2.45) is 17.8 Å². The van der Waals surface area contributed by atoms with E-state index in [0.29, 0.717) is 27.8 Å². The van der Waals surface area contributed by atoms with E-state index >= 15 is 0 Å². The van der Waals surface area contributed by atoms with Gasteiger partial charge in [0.15, 0.2) is 11.5 Å². The number of amides is 4. The Balaban J connectivity index is 1.11. The van der Waals surface area contributed by atoms with Gasteiger partial charge in [0, 0.05) is 10.6 Å². The highest BCUT2D eigenvalue weighted by atomic mass is 35.5. The highest BCUT2D eigenvalue weighted by molar-refractivity contribution is 6.39. The van der Waals surface area contributed by atoms with Crippen LogP contribution in [0.5, 0.6) is 11.5 Å². The van der Waals surface area contributed by atoms with Gasteiger partial charge in [-0.2, -0.15) is 0 Å². The van der Waals surface area contributed by atoms with E-state index in [1.165, 1.54) is 57.3 Å². The molecule has 4 saturated carbocycles. The second-order valence-electron chi connectivity index (χ2n) is 12.5. The van der Waals surface area contributed by atoms with E-state index in [1.807, 2.05) is 30.3 Å². The fraction of sp³-hybridized carbons (Fsp3) is 0.343. The SMILES string of the molecule is COc1cc(C=C2C(=O)NC(=O)N(c3ccc(C45CC6CC(CC(C6)C4)C5)cc3)C2=O)ccc1OCc1ccccc1Cl. The normalized spacial score (nSPS) is 27.0. The summed E-state index contributed by atoms with van der Waals surface area (Å²) < 4.78 is 11.4. The van der Waals surface area contributed by atoms with Crippen LogP contribution in [0.15, 0.2) is 72.3 Å². The van der Waals surface area contributed by atoms with Crippen molar-refractivity contribution >= 4 is 41.2 Å². The molecule has 43 heavy (non-hydrogen) atoms. The third-order valence-electron chi connectivity index (χ3n) is 9.72. The van der Waals surface area contributed by atoms with Gasteiger partial charge < -0.3 is 9.47 Å². The van der Waals surface area contributed by atoms with Crippen molar-refractivity contribution in [1.82, 2.24) is 5.32 Å². The molecule has 5 fully saturated rings. The zero-order valence-electron chi connectivity index (χ0n) is 24.0. The minimum atomic E-state index is -0.754. The van der Waals surface area contributed by atoms with Crippen LogP contribution in [0.3, 0.4) is 0 Å². The Morgan fingerprint density at radius 2 is 1.58 bits per heavy atom. The number of halogens is 1. The minimum absolute atomic E-state index is 0.142. The van der Waals surface area contributed by atoms with E-state index in [1.54, 1.807) is 24.3 Å². The number of carbonyl (C=O) groups is 3. The van der Waals surface area contributed by atoms with Gasteiger partial charge in [-0.3, -0.25) is 14.9 Å². The second-order valence-corrected chi connectivity index (χ2v) is 12.9. The zero-order chi connectivity index (χ0) is 29.7. The van der Waals surface area contributed by atoms with Crippen molar-refractivity contribution in [3.8, 4) is 11.5 Å². The number of rotatable bonds is 7. The first-order valence-corrected chi connectivity index (χ1v) is 15.3. The van der Waals surface area contributed by atoms with Crippen LogP contribution in [0.25, 0.3) is 6.08 Å². The number of hydrogen-bond donors (Lipinski definition) is 1. The van der Waals surface area contributed by atoms with Crippen LogP contribution in [0.4, 0.5) is 10.5 Å². The smallest absolute Gasteiger partial charge is 0.335 e. The van der Waals surface area contributed by atoms with Crippen LogP contribution in [-0.2, 0) is 21.6 Å². The van der Waals surface area contributed by atoms with Crippen molar-refractivity contribution in [3.05, 3.63) is 94.0 Å². The highest BCUT2D eigenvalue weighted by Gasteiger charge is 2.51. The minimum Gasteiger partial charge on any atom is -0.493 e.